The molecule has 0 saturated carbocycles. The van der Waals surface area contributed by atoms with Crippen LogP contribution in [0.3, 0.4) is 0 Å². The molecule has 0 aromatic heterocycles. The van der Waals surface area contributed by atoms with Gasteiger partial charge in [-0.2, -0.15) is 5.26 Å². The minimum atomic E-state index is 0.471. The van der Waals surface area contributed by atoms with Gasteiger partial charge in [0.2, 0.25) is 0 Å². The van der Waals surface area contributed by atoms with Crippen molar-refractivity contribution in [2.24, 2.45) is 0 Å². The summed E-state index contributed by atoms with van der Waals surface area (Å²) in [5.74, 6) is 0.879. The number of aryl methyl sites for hydroxylation is 1. The fourth-order valence-electron chi connectivity index (χ4n) is 1.85. The van der Waals surface area contributed by atoms with Crippen LogP contribution < -0.4 is 4.74 Å². The molecule has 0 bridgehead atoms. The Labute approximate surface area is 121 Å². The molecule has 0 aliphatic rings. The predicted octanol–water partition coefficient (Wildman–Crippen LogP) is 4.34. The summed E-state index contributed by atoms with van der Waals surface area (Å²) in [6, 6.07) is 15.7. The lowest BCUT2D eigenvalue weighted by Gasteiger charge is -2.11. The van der Waals surface area contributed by atoms with Crippen molar-refractivity contribution in [1.82, 2.24) is 0 Å². The highest BCUT2D eigenvalue weighted by Gasteiger charge is 2.04. The van der Waals surface area contributed by atoms with Crippen molar-refractivity contribution >= 4 is 15.9 Å². The number of hydrogen-bond donors (Lipinski definition) is 0. The number of rotatable bonds is 4. The van der Waals surface area contributed by atoms with Crippen LogP contribution in [0.2, 0.25) is 0 Å². The SMILES string of the molecule is Cc1ccc(OCc2cccc(C#N)c2)c(CBr)c1. The molecular weight excluding hydrogens is 302 g/mol. The predicted molar refractivity (Wildman–Crippen MR) is 79.3 cm³/mol. The van der Waals surface area contributed by atoms with Gasteiger partial charge in [-0.1, -0.05) is 45.8 Å². The normalized spacial score (nSPS) is 9.95. The zero-order chi connectivity index (χ0) is 13.7. The molecule has 0 heterocycles. The highest BCUT2D eigenvalue weighted by molar-refractivity contribution is 9.08. The second kappa shape index (κ2) is 6.40. The molecule has 0 spiro atoms. The first-order valence-corrected chi connectivity index (χ1v) is 7.12. The molecule has 0 amide bonds. The monoisotopic (exact) mass is 315 g/mol. The van der Waals surface area contributed by atoms with Gasteiger partial charge < -0.3 is 4.74 Å². The zero-order valence-electron chi connectivity index (χ0n) is 10.7. The third-order valence-electron chi connectivity index (χ3n) is 2.81. The summed E-state index contributed by atoms with van der Waals surface area (Å²) < 4.78 is 5.83. The lowest BCUT2D eigenvalue weighted by atomic mass is 10.1. The molecular formula is C16H14BrNO. The number of nitrogens with zero attached hydrogens (tertiary/aromatic N) is 1. The van der Waals surface area contributed by atoms with Crippen LogP contribution in [-0.2, 0) is 11.9 Å². The topological polar surface area (TPSA) is 33.0 Å². The van der Waals surface area contributed by atoms with Crippen molar-refractivity contribution in [3.63, 3.8) is 0 Å². The Bertz CT molecular complexity index is 616. The molecule has 2 aromatic rings. The van der Waals surface area contributed by atoms with Gasteiger partial charge in [0, 0.05) is 10.9 Å². The minimum Gasteiger partial charge on any atom is -0.489 e. The van der Waals surface area contributed by atoms with E-state index in [1.807, 2.05) is 30.3 Å². The maximum atomic E-state index is 8.86. The Morgan fingerprint density at radius 1 is 1.21 bits per heavy atom. The molecule has 2 nitrogen and oxygen atoms in total. The molecule has 0 aliphatic carbocycles. The quantitative estimate of drug-likeness (QED) is 0.786. The molecule has 0 aliphatic heterocycles. The first-order valence-electron chi connectivity index (χ1n) is 6.00. The Morgan fingerprint density at radius 2 is 2.05 bits per heavy atom. The van der Waals surface area contributed by atoms with Gasteiger partial charge in [-0.25, -0.2) is 0 Å². The van der Waals surface area contributed by atoms with E-state index in [2.05, 4.69) is 35.0 Å². The van der Waals surface area contributed by atoms with Crippen molar-refractivity contribution in [2.75, 3.05) is 0 Å². The van der Waals surface area contributed by atoms with Gasteiger partial charge in [0.1, 0.15) is 12.4 Å². The van der Waals surface area contributed by atoms with Gasteiger partial charge in [0.05, 0.1) is 11.6 Å². The molecule has 19 heavy (non-hydrogen) atoms. The fraction of sp³-hybridized carbons (Fsp3) is 0.188. The van der Waals surface area contributed by atoms with Crippen molar-refractivity contribution in [2.45, 2.75) is 18.9 Å². The molecule has 0 saturated heterocycles. The van der Waals surface area contributed by atoms with Crippen molar-refractivity contribution < 1.29 is 4.74 Å². The average Bonchev–Trinajstić information content (AvgIpc) is 2.46. The summed E-state index contributed by atoms with van der Waals surface area (Å²) in [6.07, 6.45) is 0. The maximum Gasteiger partial charge on any atom is 0.123 e. The fourth-order valence-corrected chi connectivity index (χ4v) is 2.28. The summed E-state index contributed by atoms with van der Waals surface area (Å²) in [5.41, 5.74) is 4.01. The van der Waals surface area contributed by atoms with E-state index in [4.69, 9.17) is 10.00 Å². The lowest BCUT2D eigenvalue weighted by molar-refractivity contribution is 0.304. The molecule has 0 radical (unpaired) electrons. The third-order valence-corrected chi connectivity index (χ3v) is 3.41. The number of hydrogen-bond acceptors (Lipinski definition) is 2. The van der Waals surface area contributed by atoms with Crippen molar-refractivity contribution in [3.8, 4) is 11.8 Å². The van der Waals surface area contributed by atoms with Crippen LogP contribution in [0.4, 0.5) is 0 Å². The van der Waals surface area contributed by atoms with E-state index in [1.165, 1.54) is 5.56 Å². The second-order valence-electron chi connectivity index (χ2n) is 4.35. The van der Waals surface area contributed by atoms with E-state index in [1.54, 1.807) is 6.07 Å². The van der Waals surface area contributed by atoms with Crippen LogP contribution >= 0.6 is 15.9 Å². The van der Waals surface area contributed by atoms with Crippen LogP contribution in [0.25, 0.3) is 0 Å². The number of alkyl halides is 1. The van der Waals surface area contributed by atoms with Gasteiger partial charge >= 0.3 is 0 Å². The highest BCUT2D eigenvalue weighted by Crippen LogP contribution is 2.23. The van der Waals surface area contributed by atoms with Gasteiger partial charge in [0.15, 0.2) is 0 Å². The van der Waals surface area contributed by atoms with Crippen LogP contribution in [0.5, 0.6) is 5.75 Å². The Balaban J connectivity index is 2.12. The molecule has 0 fully saturated rings. The number of halogens is 1. The third kappa shape index (κ3) is 3.59. The molecule has 0 atom stereocenters. The molecule has 96 valence electrons. The van der Waals surface area contributed by atoms with Crippen molar-refractivity contribution in [3.05, 3.63) is 64.7 Å². The van der Waals surface area contributed by atoms with Crippen LogP contribution in [0.1, 0.15) is 22.3 Å². The summed E-state index contributed by atoms with van der Waals surface area (Å²) >= 11 is 3.47. The minimum absolute atomic E-state index is 0.471. The van der Waals surface area contributed by atoms with Gasteiger partial charge in [0.25, 0.3) is 0 Å². The van der Waals surface area contributed by atoms with Gasteiger partial charge in [-0.15, -0.1) is 0 Å². The van der Waals surface area contributed by atoms with Crippen LogP contribution in [0, 0.1) is 18.3 Å². The zero-order valence-corrected chi connectivity index (χ0v) is 12.3. The maximum absolute atomic E-state index is 8.86. The summed E-state index contributed by atoms with van der Waals surface area (Å²) in [4.78, 5) is 0. The van der Waals surface area contributed by atoms with E-state index < -0.39 is 0 Å². The van der Waals surface area contributed by atoms with Crippen molar-refractivity contribution in [1.29, 1.82) is 5.26 Å². The van der Waals surface area contributed by atoms with E-state index in [-0.39, 0.29) is 0 Å². The molecule has 0 N–H and O–H groups in total. The lowest BCUT2D eigenvalue weighted by Crippen LogP contribution is -1.98. The summed E-state index contributed by atoms with van der Waals surface area (Å²) in [6.45, 7) is 2.53. The number of ether oxygens (including phenoxy) is 1. The number of benzene rings is 2. The standard InChI is InChI=1S/C16H14BrNO/c1-12-5-6-16(15(7-12)9-17)19-11-14-4-2-3-13(8-14)10-18/h2-8H,9,11H2,1H3. The molecule has 2 rings (SSSR count). The van der Waals surface area contributed by atoms with E-state index in [9.17, 15) is 0 Å². The summed E-state index contributed by atoms with van der Waals surface area (Å²) in [5, 5.41) is 9.63. The molecule has 2 aromatic carbocycles. The second-order valence-corrected chi connectivity index (χ2v) is 4.91. The van der Waals surface area contributed by atoms with Crippen LogP contribution in [-0.4, -0.2) is 0 Å². The highest BCUT2D eigenvalue weighted by atomic mass is 79.9. The van der Waals surface area contributed by atoms with Gasteiger partial charge in [-0.3, -0.25) is 0 Å². The largest absolute Gasteiger partial charge is 0.489 e. The van der Waals surface area contributed by atoms with Gasteiger partial charge in [-0.05, 0) is 30.7 Å². The van der Waals surface area contributed by atoms with E-state index in [0.29, 0.717) is 12.2 Å². The van der Waals surface area contributed by atoms with E-state index >= 15 is 0 Å². The molecule has 0 unspecified atom stereocenters. The smallest absolute Gasteiger partial charge is 0.123 e. The number of nitriles is 1. The first-order chi connectivity index (χ1) is 9.22. The van der Waals surface area contributed by atoms with Crippen LogP contribution in [0.15, 0.2) is 42.5 Å². The first kappa shape index (κ1) is 13.6. The average molecular weight is 316 g/mol. The molecule has 3 heteroatoms. The Morgan fingerprint density at radius 3 is 2.79 bits per heavy atom. The Kier molecular flexibility index (Phi) is 4.59. The Hall–Kier alpha value is -1.79. The van der Waals surface area contributed by atoms with E-state index in [0.717, 1.165) is 22.2 Å². The summed E-state index contributed by atoms with van der Waals surface area (Å²) in [7, 11) is 0.